The first kappa shape index (κ1) is 37.9. The van der Waals surface area contributed by atoms with Crippen LogP contribution >= 0.6 is 0 Å². The van der Waals surface area contributed by atoms with E-state index in [0.29, 0.717) is 16.9 Å². The summed E-state index contributed by atoms with van der Waals surface area (Å²) in [7, 11) is 0. The highest BCUT2D eigenvalue weighted by Crippen LogP contribution is 2.30. The third-order valence-electron chi connectivity index (χ3n) is 9.64. The first-order chi connectivity index (χ1) is 25.9. The number of carbonyl (C=O) groups is 4. The molecule has 0 spiro atoms. The number of aliphatic hydroxyl groups excluding tert-OH is 1. The van der Waals surface area contributed by atoms with Gasteiger partial charge in [0.2, 0.25) is 23.6 Å². The number of para-hydroxylation sites is 1. The van der Waals surface area contributed by atoms with E-state index in [0.717, 1.165) is 22.2 Å². The van der Waals surface area contributed by atoms with Crippen LogP contribution in [0, 0.1) is 5.41 Å². The van der Waals surface area contributed by atoms with Gasteiger partial charge in [-0.3, -0.25) is 29.1 Å². The lowest BCUT2D eigenvalue weighted by Crippen LogP contribution is -2.57. The first-order valence-corrected chi connectivity index (χ1v) is 18.1. The highest BCUT2D eigenvalue weighted by Gasteiger charge is 2.44. The van der Waals surface area contributed by atoms with Gasteiger partial charge in [-0.1, -0.05) is 75.4 Å². The number of amides is 4. The minimum atomic E-state index is -1.02. The number of aromatic nitrogens is 2. The van der Waals surface area contributed by atoms with E-state index in [1.165, 1.54) is 4.90 Å². The van der Waals surface area contributed by atoms with Crippen molar-refractivity contribution in [1.29, 1.82) is 0 Å². The topological polar surface area (TPSA) is 167 Å². The number of aliphatic hydroxyl groups is 1. The van der Waals surface area contributed by atoms with Crippen LogP contribution in [0.3, 0.4) is 0 Å². The van der Waals surface area contributed by atoms with Crippen molar-refractivity contribution >= 4 is 34.6 Å². The number of β-amino-alcohol motifs (C(OH)–C–C–N with tert-alkyl or cyclic N) is 1. The molecule has 1 saturated heterocycles. The predicted octanol–water partition coefficient (Wildman–Crippen LogP) is 5.25. The molecule has 280 valence electrons. The second-order valence-electron chi connectivity index (χ2n) is 14.8. The molecule has 1 fully saturated rings. The third-order valence-corrected chi connectivity index (χ3v) is 9.64. The Morgan fingerprint density at radius 3 is 2.26 bits per heavy atom. The van der Waals surface area contributed by atoms with Crippen LogP contribution in [0.1, 0.15) is 75.9 Å². The highest BCUT2D eigenvalue weighted by atomic mass is 16.3. The fraction of sp³-hybridized carbons (Fsp3) is 0.333. The number of benzene rings is 2. The van der Waals surface area contributed by atoms with Crippen LogP contribution in [0.4, 0.5) is 0 Å². The van der Waals surface area contributed by atoms with Gasteiger partial charge in [0.05, 0.1) is 17.8 Å². The average molecular weight is 731 g/mol. The van der Waals surface area contributed by atoms with Gasteiger partial charge in [-0.05, 0) is 48.2 Å². The molecule has 1 aliphatic heterocycles. The van der Waals surface area contributed by atoms with E-state index in [9.17, 15) is 24.3 Å². The van der Waals surface area contributed by atoms with Gasteiger partial charge in [0.1, 0.15) is 29.5 Å². The van der Waals surface area contributed by atoms with E-state index in [4.69, 9.17) is 4.42 Å². The van der Waals surface area contributed by atoms with Gasteiger partial charge in [0, 0.05) is 60.9 Å². The molecular weight excluding hydrogens is 684 g/mol. The number of rotatable bonds is 12. The van der Waals surface area contributed by atoms with Crippen LogP contribution in [0.2, 0.25) is 0 Å². The maximum atomic E-state index is 14.1. The summed E-state index contributed by atoms with van der Waals surface area (Å²) in [5, 5.41) is 20.3. The number of fused-ring (bicyclic) bond motifs is 1. The van der Waals surface area contributed by atoms with Crippen LogP contribution in [0.25, 0.3) is 22.2 Å². The van der Waals surface area contributed by atoms with Crippen LogP contribution in [0.15, 0.2) is 108 Å². The van der Waals surface area contributed by atoms with Crippen molar-refractivity contribution < 1.29 is 28.7 Å². The lowest BCUT2D eigenvalue weighted by molar-refractivity contribution is -0.144. The Bertz CT molecular complexity index is 2050. The summed E-state index contributed by atoms with van der Waals surface area (Å²) in [4.78, 5) is 64.3. The van der Waals surface area contributed by atoms with Crippen molar-refractivity contribution in [3.8, 4) is 11.3 Å². The number of hydrogen-bond donors (Lipinski definition) is 4. The molecule has 0 radical (unpaired) electrons. The number of furan rings is 1. The van der Waals surface area contributed by atoms with Gasteiger partial charge in [-0.15, -0.1) is 0 Å². The Morgan fingerprint density at radius 1 is 0.870 bits per heavy atom. The van der Waals surface area contributed by atoms with Crippen molar-refractivity contribution in [3.63, 3.8) is 0 Å². The van der Waals surface area contributed by atoms with Crippen molar-refractivity contribution in [2.45, 2.75) is 77.2 Å². The summed E-state index contributed by atoms with van der Waals surface area (Å²) >= 11 is 0. The molecule has 6 rings (SSSR count). The van der Waals surface area contributed by atoms with Crippen LogP contribution in [-0.4, -0.2) is 68.3 Å². The SMILES string of the molecule is C[C@@H](NC(=O)[C@@H]1C[C@@H](O)CN1C(=O)[C@@H](NC(=O)CCC(=O)NC(c1cccnc1)c1cc2ccccc2o1)C(C)(C)C)c1ccc(-c2ccccn2)cc1. The molecule has 1 unspecified atom stereocenters. The minimum Gasteiger partial charge on any atom is -0.459 e. The Morgan fingerprint density at radius 2 is 1.59 bits per heavy atom. The molecular formula is C42H46N6O6. The van der Waals surface area contributed by atoms with E-state index < -0.39 is 53.3 Å². The molecule has 0 bridgehead atoms. The Labute approximate surface area is 314 Å². The van der Waals surface area contributed by atoms with E-state index >= 15 is 0 Å². The molecule has 3 aromatic heterocycles. The monoisotopic (exact) mass is 730 g/mol. The summed E-state index contributed by atoms with van der Waals surface area (Å²) < 4.78 is 6.06. The van der Waals surface area contributed by atoms with Crippen LogP contribution < -0.4 is 16.0 Å². The quantitative estimate of drug-likeness (QED) is 0.135. The number of pyridine rings is 2. The normalized spacial score (nSPS) is 17.4. The molecule has 12 nitrogen and oxygen atoms in total. The predicted molar refractivity (Wildman–Crippen MR) is 203 cm³/mol. The molecule has 4 heterocycles. The Hall–Kier alpha value is -5.88. The van der Waals surface area contributed by atoms with Gasteiger partial charge in [0.25, 0.3) is 0 Å². The number of carbonyl (C=O) groups excluding carboxylic acids is 4. The largest absolute Gasteiger partial charge is 0.459 e. The van der Waals surface area contributed by atoms with Crippen LogP contribution in [0.5, 0.6) is 0 Å². The molecule has 5 atom stereocenters. The molecule has 4 N–H and O–H groups in total. The minimum absolute atomic E-state index is 0.0492. The average Bonchev–Trinajstić information content (AvgIpc) is 3.79. The summed E-state index contributed by atoms with van der Waals surface area (Å²) in [6, 6.07) is 23.5. The smallest absolute Gasteiger partial charge is 0.246 e. The Balaban J connectivity index is 1.08. The summed E-state index contributed by atoms with van der Waals surface area (Å²) in [5.74, 6) is -1.24. The second-order valence-corrected chi connectivity index (χ2v) is 14.8. The lowest BCUT2D eigenvalue weighted by atomic mass is 9.85. The van der Waals surface area contributed by atoms with E-state index in [2.05, 4.69) is 25.9 Å². The van der Waals surface area contributed by atoms with Gasteiger partial charge >= 0.3 is 0 Å². The Kier molecular flexibility index (Phi) is 11.5. The standard InChI is InChI=1S/C42H46N6O6/c1-26(27-14-16-28(17-15-27)32-12-7-8-21-44-32)45-40(52)33-23-31(49)25-48(33)41(53)39(42(2,3)4)47-37(51)19-18-36(50)46-38(30-11-9-20-43-24-30)35-22-29-10-5-6-13-34(29)54-35/h5-17,20-22,24,26,31,33,38-39,49H,18-19,23,25H2,1-4H3,(H,45,52)(H,46,50)(H,47,51)/t26-,31-,33+,38?,39-/m1/s1. The fourth-order valence-corrected chi connectivity index (χ4v) is 6.69. The van der Waals surface area contributed by atoms with Gasteiger partial charge in [0.15, 0.2) is 0 Å². The van der Waals surface area contributed by atoms with E-state index in [-0.39, 0.29) is 31.8 Å². The third kappa shape index (κ3) is 9.00. The van der Waals surface area contributed by atoms with Crippen molar-refractivity contribution in [1.82, 2.24) is 30.8 Å². The zero-order valence-corrected chi connectivity index (χ0v) is 30.9. The molecule has 0 aliphatic carbocycles. The summed E-state index contributed by atoms with van der Waals surface area (Å²) in [6.07, 6.45) is 3.84. The molecule has 2 aromatic carbocycles. The molecule has 0 saturated carbocycles. The fourth-order valence-electron chi connectivity index (χ4n) is 6.69. The molecule has 12 heteroatoms. The first-order valence-electron chi connectivity index (χ1n) is 18.1. The van der Waals surface area contributed by atoms with Gasteiger partial charge in [-0.25, -0.2) is 0 Å². The van der Waals surface area contributed by atoms with Crippen molar-refractivity contribution in [2.75, 3.05) is 6.54 Å². The summed E-state index contributed by atoms with van der Waals surface area (Å²) in [6.45, 7) is 7.24. The maximum absolute atomic E-state index is 14.1. The zero-order valence-electron chi connectivity index (χ0n) is 30.9. The highest BCUT2D eigenvalue weighted by molar-refractivity contribution is 5.94. The number of nitrogens with one attached hydrogen (secondary N) is 3. The molecule has 1 aliphatic rings. The number of nitrogens with zero attached hydrogens (tertiary/aromatic N) is 3. The maximum Gasteiger partial charge on any atom is 0.246 e. The molecule has 5 aromatic rings. The van der Waals surface area contributed by atoms with E-state index in [1.807, 2.05) is 107 Å². The van der Waals surface area contributed by atoms with Crippen molar-refractivity contribution in [3.05, 3.63) is 120 Å². The number of hydrogen-bond acceptors (Lipinski definition) is 8. The van der Waals surface area contributed by atoms with Gasteiger partial charge < -0.3 is 30.4 Å². The molecule has 54 heavy (non-hydrogen) atoms. The zero-order chi connectivity index (χ0) is 38.4. The van der Waals surface area contributed by atoms with Gasteiger partial charge in [-0.2, -0.15) is 0 Å². The summed E-state index contributed by atoms with van der Waals surface area (Å²) in [5.41, 5.74) is 3.30. The van der Waals surface area contributed by atoms with Crippen LogP contribution in [-0.2, 0) is 19.2 Å². The molecule has 4 amide bonds. The lowest BCUT2D eigenvalue weighted by Gasteiger charge is -2.35. The number of likely N-dealkylation sites (tertiary alicyclic amines) is 1. The van der Waals surface area contributed by atoms with Crippen molar-refractivity contribution in [2.24, 2.45) is 5.41 Å². The second kappa shape index (κ2) is 16.4. The van der Waals surface area contributed by atoms with E-state index in [1.54, 1.807) is 24.7 Å².